The fourth-order valence-electron chi connectivity index (χ4n) is 1.90. The molecule has 0 fully saturated rings. The molecule has 0 radical (unpaired) electrons. The zero-order chi connectivity index (χ0) is 14.5. The van der Waals surface area contributed by atoms with Crippen LogP contribution in [0.3, 0.4) is 0 Å². The molecule has 1 rings (SSSR count). The predicted molar refractivity (Wildman–Crippen MR) is 83.0 cm³/mol. The van der Waals surface area contributed by atoms with Gasteiger partial charge in [0.05, 0.1) is 4.90 Å². The van der Waals surface area contributed by atoms with Crippen LogP contribution >= 0.6 is 27.5 Å². The summed E-state index contributed by atoms with van der Waals surface area (Å²) in [6.07, 6.45) is 1.89. The summed E-state index contributed by atoms with van der Waals surface area (Å²) in [4.78, 5) is 0.239. The molecule has 0 saturated heterocycles. The van der Waals surface area contributed by atoms with Crippen LogP contribution < -0.4 is 4.72 Å². The van der Waals surface area contributed by atoms with E-state index in [1.807, 2.05) is 0 Å². The molecule has 0 aliphatic rings. The van der Waals surface area contributed by atoms with Crippen LogP contribution in [-0.4, -0.2) is 20.3 Å². The van der Waals surface area contributed by atoms with Gasteiger partial charge in [-0.15, -0.1) is 11.6 Å². The molecule has 6 heteroatoms. The van der Waals surface area contributed by atoms with Crippen LogP contribution in [0, 0.1) is 5.92 Å². The zero-order valence-corrected chi connectivity index (χ0v) is 14.2. The first-order valence-electron chi connectivity index (χ1n) is 6.30. The Labute approximate surface area is 128 Å². The summed E-state index contributed by atoms with van der Waals surface area (Å²) in [6, 6.07) is 6.73. The lowest BCUT2D eigenvalue weighted by molar-refractivity contribution is 0.460. The molecule has 1 N–H and O–H groups in total. The second kappa shape index (κ2) is 7.62. The molecule has 1 atom stereocenters. The van der Waals surface area contributed by atoms with Gasteiger partial charge in [0.2, 0.25) is 10.0 Å². The van der Waals surface area contributed by atoms with Crippen LogP contribution in [-0.2, 0) is 10.0 Å². The molecule has 0 amide bonds. The molecule has 0 bridgehead atoms. The SMILES string of the molecule is CCC(CC)C(Cl)CNS(=O)(=O)c1ccccc1Br. The normalized spacial score (nSPS) is 13.7. The second-order valence-corrected chi connectivity index (χ2v) is 7.53. The number of benzene rings is 1. The largest absolute Gasteiger partial charge is 0.241 e. The molecule has 0 aliphatic heterocycles. The highest BCUT2D eigenvalue weighted by atomic mass is 79.9. The quantitative estimate of drug-likeness (QED) is 0.745. The Bertz CT molecular complexity index is 503. The van der Waals surface area contributed by atoms with E-state index in [1.54, 1.807) is 24.3 Å². The summed E-state index contributed by atoms with van der Waals surface area (Å²) in [7, 11) is -3.52. The Kier molecular flexibility index (Phi) is 6.80. The first-order valence-corrected chi connectivity index (χ1v) is 9.01. The van der Waals surface area contributed by atoms with E-state index >= 15 is 0 Å². The van der Waals surface area contributed by atoms with Crippen molar-refractivity contribution in [3.63, 3.8) is 0 Å². The number of rotatable bonds is 7. The topological polar surface area (TPSA) is 46.2 Å². The summed E-state index contributed by atoms with van der Waals surface area (Å²) in [5.41, 5.74) is 0. The Hall–Kier alpha value is -0.100. The standard InChI is InChI=1S/C13H19BrClNO2S/c1-3-10(4-2)12(15)9-16-19(17,18)13-8-6-5-7-11(13)14/h5-8,10,12,16H,3-4,9H2,1-2H3. The molecule has 1 unspecified atom stereocenters. The van der Waals surface area contributed by atoms with Crippen LogP contribution in [0.5, 0.6) is 0 Å². The average Bonchev–Trinajstić information content (AvgIpc) is 2.38. The van der Waals surface area contributed by atoms with Crippen molar-refractivity contribution in [1.82, 2.24) is 4.72 Å². The molecule has 3 nitrogen and oxygen atoms in total. The lowest BCUT2D eigenvalue weighted by Crippen LogP contribution is -2.33. The lowest BCUT2D eigenvalue weighted by Gasteiger charge is -2.19. The molecule has 0 aromatic heterocycles. The number of halogens is 2. The van der Waals surface area contributed by atoms with Gasteiger partial charge >= 0.3 is 0 Å². The Morgan fingerprint density at radius 3 is 2.37 bits per heavy atom. The summed E-state index contributed by atoms with van der Waals surface area (Å²) in [6.45, 7) is 4.37. The minimum atomic E-state index is -3.52. The van der Waals surface area contributed by atoms with Crippen molar-refractivity contribution in [2.45, 2.75) is 37.0 Å². The molecular formula is C13H19BrClNO2S. The number of hydrogen-bond donors (Lipinski definition) is 1. The highest BCUT2D eigenvalue weighted by Gasteiger charge is 2.21. The number of sulfonamides is 1. The van der Waals surface area contributed by atoms with Crippen LogP contribution in [0.2, 0.25) is 0 Å². The molecule has 19 heavy (non-hydrogen) atoms. The van der Waals surface area contributed by atoms with Gasteiger partial charge in [0.25, 0.3) is 0 Å². The van der Waals surface area contributed by atoms with Crippen LogP contribution in [0.15, 0.2) is 33.6 Å². The third kappa shape index (κ3) is 4.74. The maximum atomic E-state index is 12.2. The van der Waals surface area contributed by atoms with Crippen LogP contribution in [0.4, 0.5) is 0 Å². The summed E-state index contributed by atoms with van der Waals surface area (Å²) >= 11 is 9.48. The van der Waals surface area contributed by atoms with Crippen molar-refractivity contribution < 1.29 is 8.42 Å². The second-order valence-electron chi connectivity index (χ2n) is 4.37. The average molecular weight is 369 g/mol. The first kappa shape index (κ1) is 17.0. The lowest BCUT2D eigenvalue weighted by atomic mass is 9.99. The van der Waals surface area contributed by atoms with Gasteiger partial charge < -0.3 is 0 Å². The number of alkyl halides is 1. The third-order valence-corrected chi connectivity index (χ3v) is 6.10. The summed E-state index contributed by atoms with van der Waals surface area (Å²) in [5, 5.41) is -0.188. The molecule has 108 valence electrons. The summed E-state index contributed by atoms with van der Waals surface area (Å²) in [5.74, 6) is 0.323. The van der Waals surface area contributed by atoms with E-state index in [1.165, 1.54) is 0 Å². The van der Waals surface area contributed by atoms with E-state index in [4.69, 9.17) is 11.6 Å². The van der Waals surface area contributed by atoms with Crippen molar-refractivity contribution in [3.8, 4) is 0 Å². The van der Waals surface area contributed by atoms with Crippen LogP contribution in [0.1, 0.15) is 26.7 Å². The van der Waals surface area contributed by atoms with E-state index in [9.17, 15) is 8.42 Å². The van der Waals surface area contributed by atoms with E-state index < -0.39 is 10.0 Å². The van der Waals surface area contributed by atoms with Crippen molar-refractivity contribution in [2.75, 3.05) is 6.54 Å². The first-order chi connectivity index (χ1) is 8.92. The van der Waals surface area contributed by atoms with Crippen LogP contribution in [0.25, 0.3) is 0 Å². The Balaban J connectivity index is 2.74. The van der Waals surface area contributed by atoms with Crippen molar-refractivity contribution >= 4 is 37.6 Å². The fraction of sp³-hybridized carbons (Fsp3) is 0.538. The number of hydrogen-bond acceptors (Lipinski definition) is 2. The van der Waals surface area contributed by atoms with Crippen molar-refractivity contribution in [1.29, 1.82) is 0 Å². The monoisotopic (exact) mass is 367 g/mol. The Morgan fingerprint density at radius 1 is 1.26 bits per heavy atom. The maximum Gasteiger partial charge on any atom is 0.241 e. The minimum absolute atomic E-state index is 0.188. The number of nitrogens with one attached hydrogen (secondary N) is 1. The van der Waals surface area contributed by atoms with Gasteiger partial charge in [-0.2, -0.15) is 0 Å². The Morgan fingerprint density at radius 2 is 1.84 bits per heavy atom. The van der Waals surface area contributed by atoms with Gasteiger partial charge in [0, 0.05) is 16.4 Å². The van der Waals surface area contributed by atoms with Gasteiger partial charge in [0.1, 0.15) is 0 Å². The molecule has 1 aromatic carbocycles. The highest BCUT2D eigenvalue weighted by Crippen LogP contribution is 2.22. The molecule has 0 heterocycles. The van der Waals surface area contributed by atoms with Gasteiger partial charge in [0.15, 0.2) is 0 Å². The molecule has 1 aromatic rings. The van der Waals surface area contributed by atoms with E-state index in [0.717, 1.165) is 12.8 Å². The molecular weight excluding hydrogens is 350 g/mol. The molecule has 0 saturated carbocycles. The van der Waals surface area contributed by atoms with E-state index in [-0.39, 0.29) is 16.8 Å². The van der Waals surface area contributed by atoms with Crippen molar-refractivity contribution in [2.24, 2.45) is 5.92 Å². The van der Waals surface area contributed by atoms with Gasteiger partial charge in [-0.05, 0) is 34.0 Å². The molecule has 0 spiro atoms. The van der Waals surface area contributed by atoms with Gasteiger partial charge in [-0.3, -0.25) is 0 Å². The predicted octanol–water partition coefficient (Wildman–Crippen LogP) is 3.77. The maximum absolute atomic E-state index is 12.2. The van der Waals surface area contributed by atoms with E-state index in [0.29, 0.717) is 10.4 Å². The van der Waals surface area contributed by atoms with Gasteiger partial charge in [-0.25, -0.2) is 13.1 Å². The zero-order valence-electron chi connectivity index (χ0n) is 11.1. The smallest absolute Gasteiger partial charge is 0.210 e. The highest BCUT2D eigenvalue weighted by molar-refractivity contribution is 9.10. The third-order valence-electron chi connectivity index (χ3n) is 3.15. The van der Waals surface area contributed by atoms with Crippen molar-refractivity contribution in [3.05, 3.63) is 28.7 Å². The van der Waals surface area contributed by atoms with E-state index in [2.05, 4.69) is 34.5 Å². The minimum Gasteiger partial charge on any atom is -0.210 e. The summed E-state index contributed by atoms with van der Waals surface area (Å²) < 4.78 is 27.4. The molecule has 0 aliphatic carbocycles. The van der Waals surface area contributed by atoms with Gasteiger partial charge in [-0.1, -0.05) is 38.8 Å². The fourth-order valence-corrected chi connectivity index (χ4v) is 4.48.